The molecule has 0 radical (unpaired) electrons. The smallest absolute Gasteiger partial charge is 0.194 e. The number of aliphatic imine (C=N–C) groups is 1. The number of piperazine rings is 1. The second-order valence-corrected chi connectivity index (χ2v) is 6.40. The average Bonchev–Trinajstić information content (AvgIpc) is 2.67. The van der Waals surface area contributed by atoms with Gasteiger partial charge in [0.2, 0.25) is 0 Å². The van der Waals surface area contributed by atoms with Crippen molar-refractivity contribution in [2.75, 3.05) is 37.6 Å². The average molecular weight is 481 g/mol. The maximum atomic E-state index is 10.1. The molecule has 1 fully saturated rings. The number of pyridine rings is 1. The van der Waals surface area contributed by atoms with Gasteiger partial charge in [0.1, 0.15) is 5.75 Å². The number of hydrogen-bond acceptors (Lipinski definition) is 4. The molecule has 0 unspecified atom stereocenters. The van der Waals surface area contributed by atoms with Gasteiger partial charge in [0.05, 0.1) is 17.9 Å². The maximum absolute atomic E-state index is 10.1. The molecular formula is C20H28IN5O. The van der Waals surface area contributed by atoms with Crippen molar-refractivity contribution in [3.63, 3.8) is 0 Å². The van der Waals surface area contributed by atoms with Gasteiger partial charge >= 0.3 is 0 Å². The third kappa shape index (κ3) is 5.47. The van der Waals surface area contributed by atoms with Crippen LogP contribution in [-0.4, -0.2) is 53.7 Å². The number of halogens is 1. The Morgan fingerprint density at radius 2 is 1.89 bits per heavy atom. The van der Waals surface area contributed by atoms with E-state index in [9.17, 15) is 5.11 Å². The molecule has 0 spiro atoms. The van der Waals surface area contributed by atoms with Crippen LogP contribution in [0.3, 0.4) is 0 Å². The number of nitrogens with one attached hydrogen (secondary N) is 1. The molecule has 0 aliphatic carbocycles. The number of guanidine groups is 1. The van der Waals surface area contributed by atoms with Gasteiger partial charge < -0.3 is 20.2 Å². The molecule has 2 N–H and O–H groups in total. The van der Waals surface area contributed by atoms with Gasteiger partial charge in [0.15, 0.2) is 5.96 Å². The van der Waals surface area contributed by atoms with Crippen LogP contribution < -0.4 is 10.2 Å². The third-order valence-corrected chi connectivity index (χ3v) is 4.63. The summed E-state index contributed by atoms with van der Waals surface area (Å²) in [6, 6.07) is 11.5. The van der Waals surface area contributed by atoms with E-state index >= 15 is 0 Å². The van der Waals surface area contributed by atoms with Gasteiger partial charge in [0, 0.05) is 38.9 Å². The second-order valence-electron chi connectivity index (χ2n) is 6.40. The molecule has 0 saturated carbocycles. The molecule has 0 bridgehead atoms. The topological polar surface area (TPSA) is 64.0 Å². The van der Waals surface area contributed by atoms with Gasteiger partial charge in [-0.1, -0.05) is 18.2 Å². The van der Waals surface area contributed by atoms with Gasteiger partial charge in [-0.3, -0.25) is 4.98 Å². The molecule has 1 aliphatic rings. The van der Waals surface area contributed by atoms with E-state index in [2.05, 4.69) is 40.0 Å². The van der Waals surface area contributed by atoms with Gasteiger partial charge in [-0.15, -0.1) is 24.0 Å². The van der Waals surface area contributed by atoms with Gasteiger partial charge in [-0.2, -0.15) is 0 Å². The molecule has 1 aromatic carbocycles. The van der Waals surface area contributed by atoms with Crippen LogP contribution >= 0.6 is 24.0 Å². The van der Waals surface area contributed by atoms with E-state index in [1.807, 2.05) is 30.5 Å². The lowest BCUT2D eigenvalue weighted by atomic mass is 10.2. The SMILES string of the molecule is CCNC(=NCc1ncccc1C)N1CCN(c2ccccc2O)CC1.I. The van der Waals surface area contributed by atoms with Crippen molar-refractivity contribution in [2.45, 2.75) is 20.4 Å². The molecule has 2 heterocycles. The standard InChI is InChI=1S/C20H27N5O.HI/c1-3-21-20(23-15-17-16(2)7-6-10-22-17)25-13-11-24(12-14-25)18-8-4-5-9-19(18)26;/h4-10,26H,3,11-15H2,1-2H3,(H,21,23);1H. The number of hydrogen-bond donors (Lipinski definition) is 2. The summed E-state index contributed by atoms with van der Waals surface area (Å²) in [5.41, 5.74) is 3.07. The van der Waals surface area contributed by atoms with Crippen molar-refractivity contribution in [1.29, 1.82) is 0 Å². The lowest BCUT2D eigenvalue weighted by Gasteiger charge is -2.37. The predicted molar refractivity (Wildman–Crippen MR) is 121 cm³/mol. The van der Waals surface area contributed by atoms with Gasteiger partial charge in [-0.05, 0) is 37.6 Å². The Labute approximate surface area is 178 Å². The van der Waals surface area contributed by atoms with E-state index in [4.69, 9.17) is 4.99 Å². The molecule has 146 valence electrons. The van der Waals surface area contributed by atoms with Crippen LogP contribution in [0.2, 0.25) is 0 Å². The Bertz CT molecular complexity index is 760. The summed E-state index contributed by atoms with van der Waals surface area (Å²) in [6.45, 7) is 8.99. The summed E-state index contributed by atoms with van der Waals surface area (Å²) in [5, 5.41) is 13.4. The number of aromatic nitrogens is 1. The molecule has 0 amide bonds. The summed E-state index contributed by atoms with van der Waals surface area (Å²) < 4.78 is 0. The molecule has 7 heteroatoms. The first kappa shape index (κ1) is 21.3. The van der Waals surface area contributed by atoms with E-state index in [0.29, 0.717) is 12.3 Å². The number of nitrogens with zero attached hydrogens (tertiary/aromatic N) is 4. The zero-order valence-electron chi connectivity index (χ0n) is 15.9. The van der Waals surface area contributed by atoms with E-state index in [1.165, 1.54) is 0 Å². The van der Waals surface area contributed by atoms with E-state index in [0.717, 1.165) is 55.6 Å². The predicted octanol–water partition coefficient (Wildman–Crippen LogP) is 3.00. The number of aryl methyl sites for hydroxylation is 1. The van der Waals surface area contributed by atoms with Crippen LogP contribution in [0, 0.1) is 6.92 Å². The van der Waals surface area contributed by atoms with Crippen LogP contribution in [0.1, 0.15) is 18.2 Å². The zero-order valence-corrected chi connectivity index (χ0v) is 18.3. The van der Waals surface area contributed by atoms with Crippen molar-refractivity contribution < 1.29 is 5.11 Å². The summed E-state index contributed by atoms with van der Waals surface area (Å²) in [4.78, 5) is 13.7. The number of phenolic OH excluding ortho intramolecular Hbond substituents is 1. The first-order valence-corrected chi connectivity index (χ1v) is 9.15. The molecule has 2 aromatic rings. The molecule has 27 heavy (non-hydrogen) atoms. The Balaban J connectivity index is 0.00000261. The van der Waals surface area contributed by atoms with Crippen molar-refractivity contribution in [2.24, 2.45) is 4.99 Å². The minimum atomic E-state index is 0. The summed E-state index contributed by atoms with van der Waals surface area (Å²) in [6.07, 6.45) is 1.82. The minimum Gasteiger partial charge on any atom is -0.506 e. The fourth-order valence-corrected chi connectivity index (χ4v) is 3.15. The minimum absolute atomic E-state index is 0. The lowest BCUT2D eigenvalue weighted by molar-refractivity contribution is 0.369. The summed E-state index contributed by atoms with van der Waals surface area (Å²) in [7, 11) is 0. The largest absolute Gasteiger partial charge is 0.506 e. The quantitative estimate of drug-likeness (QED) is 0.400. The summed E-state index contributed by atoms with van der Waals surface area (Å²) >= 11 is 0. The van der Waals surface area contributed by atoms with Crippen molar-refractivity contribution in [3.8, 4) is 5.75 Å². The van der Waals surface area contributed by atoms with E-state index < -0.39 is 0 Å². The highest BCUT2D eigenvalue weighted by Crippen LogP contribution is 2.27. The molecule has 3 rings (SSSR count). The molecule has 1 saturated heterocycles. The Morgan fingerprint density at radius 1 is 1.15 bits per heavy atom. The van der Waals surface area contributed by atoms with E-state index in [-0.39, 0.29) is 24.0 Å². The lowest BCUT2D eigenvalue weighted by Crippen LogP contribution is -2.52. The molecular weight excluding hydrogens is 453 g/mol. The van der Waals surface area contributed by atoms with Crippen LogP contribution in [0.15, 0.2) is 47.6 Å². The molecule has 1 aliphatic heterocycles. The fraction of sp³-hybridized carbons (Fsp3) is 0.400. The number of anilines is 1. The third-order valence-electron chi connectivity index (χ3n) is 4.63. The number of para-hydroxylation sites is 2. The highest BCUT2D eigenvalue weighted by molar-refractivity contribution is 14.0. The normalized spacial score (nSPS) is 14.7. The van der Waals surface area contributed by atoms with Crippen molar-refractivity contribution in [1.82, 2.24) is 15.2 Å². The second kappa shape index (κ2) is 10.3. The molecule has 1 aromatic heterocycles. The number of benzene rings is 1. The Morgan fingerprint density at radius 3 is 2.56 bits per heavy atom. The highest BCUT2D eigenvalue weighted by Gasteiger charge is 2.21. The van der Waals surface area contributed by atoms with Crippen LogP contribution in [0.5, 0.6) is 5.75 Å². The number of aromatic hydroxyl groups is 1. The fourth-order valence-electron chi connectivity index (χ4n) is 3.15. The zero-order chi connectivity index (χ0) is 18.4. The number of rotatable bonds is 4. The maximum Gasteiger partial charge on any atom is 0.194 e. The molecule has 0 atom stereocenters. The van der Waals surface area contributed by atoms with E-state index in [1.54, 1.807) is 6.07 Å². The first-order valence-electron chi connectivity index (χ1n) is 9.15. The first-order chi connectivity index (χ1) is 12.7. The Hall–Kier alpha value is -2.03. The number of phenols is 1. The monoisotopic (exact) mass is 481 g/mol. The van der Waals surface area contributed by atoms with Crippen LogP contribution in [-0.2, 0) is 6.54 Å². The van der Waals surface area contributed by atoms with Crippen molar-refractivity contribution in [3.05, 3.63) is 53.9 Å². The summed E-state index contributed by atoms with van der Waals surface area (Å²) in [5.74, 6) is 1.27. The van der Waals surface area contributed by atoms with Gasteiger partial charge in [0.25, 0.3) is 0 Å². The van der Waals surface area contributed by atoms with Crippen LogP contribution in [0.4, 0.5) is 5.69 Å². The highest BCUT2D eigenvalue weighted by atomic mass is 127. The Kier molecular flexibility index (Phi) is 8.15. The van der Waals surface area contributed by atoms with Gasteiger partial charge in [-0.25, -0.2) is 4.99 Å². The molecule has 6 nitrogen and oxygen atoms in total. The van der Waals surface area contributed by atoms with Crippen LogP contribution in [0.25, 0.3) is 0 Å². The van der Waals surface area contributed by atoms with Crippen molar-refractivity contribution >= 4 is 35.6 Å².